The Morgan fingerprint density at radius 1 is 1.67 bits per heavy atom. The molecule has 1 fully saturated rings. The smallest absolute Gasteiger partial charge is 0.228 e. The van der Waals surface area contributed by atoms with Crippen molar-refractivity contribution in [3.8, 4) is 0 Å². The zero-order chi connectivity index (χ0) is 11.0. The van der Waals surface area contributed by atoms with Crippen LogP contribution in [0.1, 0.15) is 6.42 Å². The molecule has 0 spiro atoms. The molecule has 2 rings (SSSR count). The lowest BCUT2D eigenvalue weighted by atomic mass is 10.3. The van der Waals surface area contributed by atoms with Crippen LogP contribution in [0.15, 0.2) is 12.3 Å². The lowest BCUT2D eigenvalue weighted by molar-refractivity contribution is -0.117. The second-order valence-electron chi connectivity index (χ2n) is 3.42. The summed E-state index contributed by atoms with van der Waals surface area (Å²) in [6.07, 6.45) is 1.88. The van der Waals surface area contributed by atoms with Gasteiger partial charge in [0.1, 0.15) is 5.82 Å². The van der Waals surface area contributed by atoms with Gasteiger partial charge in [0, 0.05) is 24.4 Å². The number of pyridine rings is 1. The van der Waals surface area contributed by atoms with E-state index in [-0.39, 0.29) is 11.2 Å². The third-order valence-electron chi connectivity index (χ3n) is 2.26. The third-order valence-corrected chi connectivity index (χ3v) is 2.81. The predicted octanol–water partition coefficient (Wildman–Crippen LogP) is 1.35. The van der Waals surface area contributed by atoms with E-state index in [1.165, 1.54) is 6.20 Å². The predicted molar refractivity (Wildman–Crippen MR) is 63.4 cm³/mol. The maximum absolute atomic E-state index is 11.6. The number of thiol groups is 1. The Balaban J connectivity index is 2.37. The SMILES string of the molecule is Nc1ncc(Cl)cc1N1CC(S)CC1=O. The molecular formula is C9H10ClN3OS. The molecule has 1 aromatic rings. The summed E-state index contributed by atoms with van der Waals surface area (Å²) in [5.41, 5.74) is 6.26. The van der Waals surface area contributed by atoms with Crippen LogP contribution < -0.4 is 10.6 Å². The number of carbonyl (C=O) groups is 1. The first-order valence-electron chi connectivity index (χ1n) is 4.47. The number of aromatic nitrogens is 1. The molecular weight excluding hydrogens is 234 g/mol. The molecule has 0 radical (unpaired) electrons. The standard InChI is InChI=1S/C9H10ClN3OS/c10-5-1-7(9(11)12-3-5)13-4-6(15)2-8(13)14/h1,3,6,15H,2,4H2,(H2,11,12). The lowest BCUT2D eigenvalue weighted by Crippen LogP contribution is -2.25. The minimum absolute atomic E-state index is 0.00534. The molecule has 1 aromatic heterocycles. The number of nitrogens with two attached hydrogens (primary N) is 1. The van der Waals surface area contributed by atoms with Gasteiger partial charge < -0.3 is 10.6 Å². The number of carbonyl (C=O) groups excluding carboxylic acids is 1. The van der Waals surface area contributed by atoms with E-state index >= 15 is 0 Å². The highest BCUT2D eigenvalue weighted by molar-refractivity contribution is 7.81. The Morgan fingerprint density at radius 3 is 3.00 bits per heavy atom. The van der Waals surface area contributed by atoms with E-state index < -0.39 is 0 Å². The van der Waals surface area contributed by atoms with E-state index in [0.717, 1.165) is 0 Å². The van der Waals surface area contributed by atoms with E-state index in [9.17, 15) is 4.79 Å². The largest absolute Gasteiger partial charge is 0.382 e. The van der Waals surface area contributed by atoms with Gasteiger partial charge >= 0.3 is 0 Å². The average molecular weight is 244 g/mol. The van der Waals surface area contributed by atoms with E-state index in [2.05, 4.69) is 17.6 Å². The lowest BCUT2D eigenvalue weighted by Gasteiger charge is -2.17. The van der Waals surface area contributed by atoms with E-state index in [0.29, 0.717) is 29.5 Å². The van der Waals surface area contributed by atoms with Gasteiger partial charge in [-0.05, 0) is 6.07 Å². The molecule has 6 heteroatoms. The van der Waals surface area contributed by atoms with Crippen molar-refractivity contribution in [3.63, 3.8) is 0 Å². The topological polar surface area (TPSA) is 59.2 Å². The Bertz CT molecular complexity index is 412. The number of halogens is 1. The number of hydrogen-bond acceptors (Lipinski definition) is 4. The number of rotatable bonds is 1. The number of anilines is 2. The first-order chi connectivity index (χ1) is 7.08. The van der Waals surface area contributed by atoms with Gasteiger partial charge in [0.15, 0.2) is 0 Å². The molecule has 0 saturated carbocycles. The Kier molecular flexibility index (Phi) is 2.75. The number of nitrogen functional groups attached to an aromatic ring is 1. The molecule has 1 atom stereocenters. The second-order valence-corrected chi connectivity index (χ2v) is 4.59. The van der Waals surface area contributed by atoms with Gasteiger partial charge in [0.25, 0.3) is 0 Å². The summed E-state index contributed by atoms with van der Waals surface area (Å²) in [6, 6.07) is 1.65. The van der Waals surface area contributed by atoms with Crippen LogP contribution in [0.3, 0.4) is 0 Å². The fourth-order valence-corrected chi connectivity index (χ4v) is 2.05. The summed E-state index contributed by atoms with van der Waals surface area (Å²) < 4.78 is 0. The minimum atomic E-state index is 0.00534. The first kappa shape index (κ1) is 10.6. The normalized spacial score (nSPS) is 21.1. The Hall–Kier alpha value is -0.940. The molecule has 15 heavy (non-hydrogen) atoms. The van der Waals surface area contributed by atoms with Crippen LogP contribution in [0.2, 0.25) is 5.02 Å². The molecule has 80 valence electrons. The quantitative estimate of drug-likeness (QED) is 0.732. The zero-order valence-electron chi connectivity index (χ0n) is 7.85. The number of hydrogen-bond donors (Lipinski definition) is 2. The van der Waals surface area contributed by atoms with Crippen molar-refractivity contribution in [1.82, 2.24) is 4.98 Å². The third kappa shape index (κ3) is 2.03. The summed E-state index contributed by atoms with van der Waals surface area (Å²) in [4.78, 5) is 17.1. The van der Waals surface area contributed by atoms with Gasteiger partial charge in [-0.1, -0.05) is 11.6 Å². The average Bonchev–Trinajstić information content (AvgIpc) is 2.50. The van der Waals surface area contributed by atoms with Crippen LogP contribution in [0.4, 0.5) is 11.5 Å². The molecule has 0 aliphatic carbocycles. The van der Waals surface area contributed by atoms with Crippen LogP contribution in [-0.2, 0) is 4.79 Å². The molecule has 2 heterocycles. The summed E-state index contributed by atoms with van der Waals surface area (Å²) in [5.74, 6) is 0.320. The summed E-state index contributed by atoms with van der Waals surface area (Å²) >= 11 is 10.1. The first-order valence-corrected chi connectivity index (χ1v) is 5.37. The van der Waals surface area contributed by atoms with Crippen molar-refractivity contribution in [2.24, 2.45) is 0 Å². The van der Waals surface area contributed by atoms with Crippen LogP contribution in [-0.4, -0.2) is 22.7 Å². The van der Waals surface area contributed by atoms with Crippen molar-refractivity contribution < 1.29 is 4.79 Å². The van der Waals surface area contributed by atoms with E-state index in [4.69, 9.17) is 17.3 Å². The summed E-state index contributed by atoms with van der Waals surface area (Å²) in [7, 11) is 0. The number of amides is 1. The van der Waals surface area contributed by atoms with Crippen molar-refractivity contribution in [1.29, 1.82) is 0 Å². The van der Waals surface area contributed by atoms with E-state index in [1.54, 1.807) is 11.0 Å². The maximum Gasteiger partial charge on any atom is 0.228 e. The molecule has 2 N–H and O–H groups in total. The van der Waals surface area contributed by atoms with Gasteiger partial charge in [-0.25, -0.2) is 4.98 Å². The summed E-state index contributed by atoms with van der Waals surface area (Å²) in [5, 5.41) is 0.519. The molecule has 1 aliphatic heterocycles. The fraction of sp³-hybridized carbons (Fsp3) is 0.333. The Labute approximate surface area is 97.8 Å². The van der Waals surface area contributed by atoms with Gasteiger partial charge in [-0.15, -0.1) is 0 Å². The molecule has 0 aromatic carbocycles. The maximum atomic E-state index is 11.6. The van der Waals surface area contributed by atoms with Crippen molar-refractivity contribution in [2.45, 2.75) is 11.7 Å². The van der Waals surface area contributed by atoms with Gasteiger partial charge in [0.2, 0.25) is 5.91 Å². The zero-order valence-corrected chi connectivity index (χ0v) is 9.50. The molecule has 1 saturated heterocycles. The van der Waals surface area contributed by atoms with Gasteiger partial charge in [0.05, 0.1) is 10.7 Å². The van der Waals surface area contributed by atoms with Crippen LogP contribution in [0, 0.1) is 0 Å². The number of nitrogens with zero attached hydrogens (tertiary/aromatic N) is 2. The highest BCUT2D eigenvalue weighted by atomic mass is 35.5. The minimum Gasteiger partial charge on any atom is -0.382 e. The highest BCUT2D eigenvalue weighted by Crippen LogP contribution is 2.29. The monoisotopic (exact) mass is 243 g/mol. The van der Waals surface area contributed by atoms with Crippen molar-refractivity contribution in [2.75, 3.05) is 17.2 Å². The van der Waals surface area contributed by atoms with E-state index in [1.807, 2.05) is 0 Å². The molecule has 0 bridgehead atoms. The molecule has 4 nitrogen and oxygen atoms in total. The highest BCUT2D eigenvalue weighted by Gasteiger charge is 2.29. The van der Waals surface area contributed by atoms with Crippen LogP contribution in [0.25, 0.3) is 0 Å². The van der Waals surface area contributed by atoms with Crippen molar-refractivity contribution >= 4 is 41.6 Å². The summed E-state index contributed by atoms with van der Waals surface area (Å²) in [6.45, 7) is 0.550. The molecule has 1 unspecified atom stereocenters. The Morgan fingerprint density at radius 2 is 2.40 bits per heavy atom. The molecule has 1 aliphatic rings. The van der Waals surface area contributed by atoms with Gasteiger partial charge in [-0.3, -0.25) is 4.79 Å². The van der Waals surface area contributed by atoms with Crippen LogP contribution >= 0.6 is 24.2 Å². The molecule has 1 amide bonds. The van der Waals surface area contributed by atoms with Gasteiger partial charge in [-0.2, -0.15) is 12.6 Å². The second kappa shape index (κ2) is 3.90. The van der Waals surface area contributed by atoms with Crippen molar-refractivity contribution in [3.05, 3.63) is 17.3 Å². The fourth-order valence-electron chi connectivity index (χ4n) is 1.58. The van der Waals surface area contributed by atoms with Crippen LogP contribution in [0.5, 0.6) is 0 Å².